The van der Waals surface area contributed by atoms with E-state index in [9.17, 15) is 8.42 Å². The molecule has 166 valence electrons. The van der Waals surface area contributed by atoms with Crippen LogP contribution >= 0.6 is 0 Å². The monoisotopic (exact) mass is 450 g/mol. The lowest BCUT2D eigenvalue weighted by Gasteiger charge is -2.16. The highest BCUT2D eigenvalue weighted by molar-refractivity contribution is 7.89. The Hall–Kier alpha value is -3.23. The summed E-state index contributed by atoms with van der Waals surface area (Å²) in [5, 5.41) is 7.40. The number of para-hydroxylation sites is 1. The van der Waals surface area contributed by atoms with Crippen LogP contribution in [0.5, 0.6) is 5.75 Å². The van der Waals surface area contributed by atoms with E-state index < -0.39 is 10.0 Å². The molecular weight excluding hydrogens is 424 g/mol. The van der Waals surface area contributed by atoms with Gasteiger partial charge in [-0.1, -0.05) is 30.3 Å². The molecule has 1 aliphatic rings. The number of aromatic nitrogens is 2. The van der Waals surface area contributed by atoms with E-state index in [4.69, 9.17) is 4.74 Å². The summed E-state index contributed by atoms with van der Waals surface area (Å²) >= 11 is 0. The van der Waals surface area contributed by atoms with Gasteiger partial charge in [0.05, 0.1) is 23.3 Å². The molecule has 3 aromatic rings. The van der Waals surface area contributed by atoms with Crippen molar-refractivity contribution in [2.75, 3.05) is 20.2 Å². The zero-order valence-corrected chi connectivity index (χ0v) is 19.0. The number of hydrogen-bond acceptors (Lipinski definition) is 5. The quantitative estimate of drug-likeness (QED) is 0.531. The lowest BCUT2D eigenvalue weighted by Crippen LogP contribution is -2.27. The average molecular weight is 451 g/mol. The standard InChI is InChI=1S/C24H26N4O3S/c1-4-19(17-11-13-18(14-12-17)32(29,30)28-15-7-8-16-28)22-23(26-27-24(22)25-2)20-9-5-6-10-21(20)31-3/h4-6,9-14H,2,7-8,15-16H2,1,3H3,(H,26,27)/b19-4-. The van der Waals surface area contributed by atoms with Gasteiger partial charge in [0.2, 0.25) is 10.0 Å². The van der Waals surface area contributed by atoms with Crippen LogP contribution in [0.2, 0.25) is 0 Å². The Kier molecular flexibility index (Phi) is 6.25. The van der Waals surface area contributed by atoms with Crippen molar-refractivity contribution < 1.29 is 13.2 Å². The third-order valence-corrected chi connectivity index (χ3v) is 7.61. The van der Waals surface area contributed by atoms with Crippen LogP contribution in [0, 0.1) is 0 Å². The van der Waals surface area contributed by atoms with Crippen molar-refractivity contribution in [1.82, 2.24) is 14.5 Å². The van der Waals surface area contributed by atoms with Crippen molar-refractivity contribution in [2.24, 2.45) is 4.99 Å². The maximum Gasteiger partial charge on any atom is 0.243 e. The van der Waals surface area contributed by atoms with Crippen LogP contribution in [0.4, 0.5) is 5.82 Å². The molecule has 32 heavy (non-hydrogen) atoms. The average Bonchev–Trinajstić information content (AvgIpc) is 3.51. The first kappa shape index (κ1) is 22.0. The number of aromatic amines is 1. The third-order valence-electron chi connectivity index (χ3n) is 5.70. The van der Waals surface area contributed by atoms with Crippen molar-refractivity contribution in [3.05, 3.63) is 65.7 Å². The van der Waals surface area contributed by atoms with Crippen molar-refractivity contribution in [1.29, 1.82) is 0 Å². The van der Waals surface area contributed by atoms with Gasteiger partial charge in [-0.25, -0.2) is 13.4 Å². The van der Waals surface area contributed by atoms with E-state index in [0.717, 1.165) is 40.8 Å². The molecule has 0 saturated carbocycles. The summed E-state index contributed by atoms with van der Waals surface area (Å²) in [5.74, 6) is 1.17. The third kappa shape index (κ3) is 3.87. The molecule has 0 spiro atoms. The second-order valence-corrected chi connectivity index (χ2v) is 9.43. The molecule has 1 N–H and O–H groups in total. The first-order valence-corrected chi connectivity index (χ1v) is 11.9. The second-order valence-electron chi connectivity index (χ2n) is 7.49. The molecular formula is C24H26N4O3S. The van der Waals surface area contributed by atoms with Crippen LogP contribution in [-0.4, -0.2) is 49.8 Å². The number of nitrogens with zero attached hydrogens (tertiary/aromatic N) is 3. The van der Waals surface area contributed by atoms with Gasteiger partial charge < -0.3 is 4.74 Å². The van der Waals surface area contributed by atoms with Gasteiger partial charge in [0.25, 0.3) is 0 Å². The highest BCUT2D eigenvalue weighted by atomic mass is 32.2. The Labute approximate surface area is 188 Å². The Bertz CT molecular complexity index is 1250. The minimum Gasteiger partial charge on any atom is -0.496 e. The first-order valence-electron chi connectivity index (χ1n) is 10.5. The van der Waals surface area contributed by atoms with E-state index in [2.05, 4.69) is 21.9 Å². The SMILES string of the molecule is C=Nc1n[nH]c(-c2ccccc2OC)c1/C(=C\C)c1ccc(S(=O)(=O)N2CCCC2)cc1. The molecule has 0 amide bonds. The van der Waals surface area contributed by atoms with Crippen molar-refractivity contribution in [3.8, 4) is 17.0 Å². The zero-order valence-electron chi connectivity index (χ0n) is 18.2. The largest absolute Gasteiger partial charge is 0.496 e. The minimum atomic E-state index is -3.46. The van der Waals surface area contributed by atoms with E-state index in [1.807, 2.05) is 49.4 Å². The Balaban J connectivity index is 1.77. The molecule has 1 fully saturated rings. The molecule has 0 radical (unpaired) electrons. The summed E-state index contributed by atoms with van der Waals surface area (Å²) in [7, 11) is -1.84. The van der Waals surface area contributed by atoms with E-state index in [0.29, 0.717) is 29.6 Å². The summed E-state index contributed by atoms with van der Waals surface area (Å²) in [5.41, 5.74) is 4.11. The van der Waals surface area contributed by atoms with Gasteiger partial charge >= 0.3 is 0 Å². The smallest absolute Gasteiger partial charge is 0.243 e. The fourth-order valence-electron chi connectivity index (χ4n) is 4.09. The van der Waals surface area contributed by atoms with Crippen LogP contribution < -0.4 is 4.74 Å². The molecule has 0 aliphatic carbocycles. The summed E-state index contributed by atoms with van der Waals surface area (Å²) in [6.45, 7) is 6.75. The Morgan fingerprint density at radius 3 is 2.47 bits per heavy atom. The van der Waals surface area contributed by atoms with Gasteiger partial charge in [-0.3, -0.25) is 5.10 Å². The Morgan fingerprint density at radius 2 is 1.84 bits per heavy atom. The fourth-order valence-corrected chi connectivity index (χ4v) is 5.60. The van der Waals surface area contributed by atoms with Crippen LogP contribution in [0.25, 0.3) is 16.8 Å². The van der Waals surface area contributed by atoms with E-state index in [1.54, 1.807) is 23.5 Å². The number of nitrogens with one attached hydrogen (secondary N) is 1. The molecule has 2 aromatic carbocycles. The van der Waals surface area contributed by atoms with Gasteiger partial charge in [0, 0.05) is 18.7 Å². The number of sulfonamides is 1. The first-order chi connectivity index (χ1) is 15.5. The number of methoxy groups -OCH3 is 1. The molecule has 0 bridgehead atoms. The number of allylic oxidation sites excluding steroid dienone is 1. The van der Waals surface area contributed by atoms with Gasteiger partial charge in [0.15, 0.2) is 5.82 Å². The van der Waals surface area contributed by atoms with Crippen LogP contribution in [0.15, 0.2) is 64.5 Å². The summed E-state index contributed by atoms with van der Waals surface area (Å²) in [6, 6.07) is 14.6. The van der Waals surface area contributed by atoms with E-state index in [1.165, 1.54) is 0 Å². The number of hydrogen-bond donors (Lipinski definition) is 1. The van der Waals surface area contributed by atoms with E-state index in [-0.39, 0.29) is 0 Å². The number of aliphatic imine (C=N–C) groups is 1. The van der Waals surface area contributed by atoms with Crippen LogP contribution in [-0.2, 0) is 10.0 Å². The lowest BCUT2D eigenvalue weighted by molar-refractivity contribution is 0.416. The summed E-state index contributed by atoms with van der Waals surface area (Å²) in [4.78, 5) is 4.40. The summed E-state index contributed by atoms with van der Waals surface area (Å²) in [6.07, 6.45) is 3.77. The lowest BCUT2D eigenvalue weighted by atomic mass is 9.94. The summed E-state index contributed by atoms with van der Waals surface area (Å²) < 4.78 is 32.8. The minimum absolute atomic E-state index is 0.304. The number of ether oxygens (including phenoxy) is 1. The molecule has 8 heteroatoms. The number of H-pyrrole nitrogens is 1. The second kappa shape index (κ2) is 9.10. The van der Waals surface area contributed by atoms with Crippen LogP contribution in [0.3, 0.4) is 0 Å². The maximum atomic E-state index is 12.9. The van der Waals surface area contributed by atoms with Crippen molar-refractivity contribution in [3.63, 3.8) is 0 Å². The number of rotatable bonds is 7. The predicted octanol–water partition coefficient (Wildman–Crippen LogP) is 4.65. The van der Waals surface area contributed by atoms with E-state index >= 15 is 0 Å². The molecule has 1 aromatic heterocycles. The van der Waals surface area contributed by atoms with Crippen LogP contribution in [0.1, 0.15) is 30.9 Å². The topological polar surface area (TPSA) is 87.6 Å². The molecule has 1 saturated heterocycles. The highest BCUT2D eigenvalue weighted by Gasteiger charge is 2.27. The molecule has 7 nitrogen and oxygen atoms in total. The number of benzene rings is 2. The van der Waals surface area contributed by atoms with Crippen molar-refractivity contribution in [2.45, 2.75) is 24.7 Å². The van der Waals surface area contributed by atoms with Gasteiger partial charge in [-0.2, -0.15) is 9.40 Å². The molecule has 0 unspecified atom stereocenters. The molecule has 0 atom stereocenters. The Morgan fingerprint density at radius 1 is 1.16 bits per heavy atom. The normalized spacial score (nSPS) is 15.1. The molecule has 2 heterocycles. The zero-order chi connectivity index (χ0) is 22.7. The van der Waals surface area contributed by atoms with Crippen molar-refractivity contribution >= 4 is 28.1 Å². The van der Waals surface area contributed by atoms with Gasteiger partial charge in [-0.15, -0.1) is 0 Å². The predicted molar refractivity (Wildman–Crippen MR) is 127 cm³/mol. The molecule has 1 aliphatic heterocycles. The maximum absolute atomic E-state index is 12.9. The molecule has 4 rings (SSSR count). The van der Waals surface area contributed by atoms with Gasteiger partial charge in [0.1, 0.15) is 5.75 Å². The highest BCUT2D eigenvalue weighted by Crippen LogP contribution is 2.40. The fraction of sp³-hybridized carbons (Fsp3) is 0.250. The van der Waals surface area contributed by atoms with Gasteiger partial charge in [-0.05, 0) is 61.9 Å².